The van der Waals surface area contributed by atoms with E-state index in [2.05, 4.69) is 15.9 Å². The van der Waals surface area contributed by atoms with Gasteiger partial charge in [0, 0.05) is 23.8 Å². The molecule has 3 N–H and O–H groups in total. The Morgan fingerprint density at radius 2 is 2.12 bits per heavy atom. The second kappa shape index (κ2) is 5.06. The number of rotatable bonds is 3. The average Bonchev–Trinajstić information content (AvgIpc) is 2.14. The summed E-state index contributed by atoms with van der Waals surface area (Å²) in [4.78, 5) is 13.5. The lowest BCUT2D eigenvalue weighted by molar-refractivity contribution is 0.0368. The molecule has 0 fully saturated rings. The Kier molecular flexibility index (Phi) is 4.16. The summed E-state index contributed by atoms with van der Waals surface area (Å²) in [6, 6.07) is 5.12. The third kappa shape index (κ3) is 4.02. The minimum Gasteiger partial charge on any atom is -0.398 e. The van der Waals surface area contributed by atoms with Gasteiger partial charge in [0.2, 0.25) is 0 Å². The van der Waals surface area contributed by atoms with Crippen molar-refractivity contribution in [2.75, 3.05) is 19.3 Å². The molecule has 0 atom stereocenters. The van der Waals surface area contributed by atoms with Crippen molar-refractivity contribution in [2.24, 2.45) is 0 Å². The van der Waals surface area contributed by atoms with Crippen molar-refractivity contribution in [1.29, 1.82) is 0 Å². The average molecular weight is 301 g/mol. The molecule has 1 aromatic carbocycles. The Balaban J connectivity index is 2.89. The Hall–Kier alpha value is -1.07. The number of carbonyl (C=O) groups excluding carboxylic acids is 1. The van der Waals surface area contributed by atoms with E-state index in [0.29, 0.717) is 11.3 Å². The summed E-state index contributed by atoms with van der Waals surface area (Å²) in [5.41, 5.74) is 5.73. The van der Waals surface area contributed by atoms with E-state index in [1.807, 2.05) is 0 Å². The van der Waals surface area contributed by atoms with Crippen LogP contribution >= 0.6 is 15.9 Å². The molecule has 0 bridgehead atoms. The number of nitrogens with zero attached hydrogens (tertiary/aromatic N) is 1. The van der Waals surface area contributed by atoms with Gasteiger partial charge in [-0.15, -0.1) is 0 Å². The molecule has 0 saturated heterocycles. The van der Waals surface area contributed by atoms with Crippen molar-refractivity contribution in [3.63, 3.8) is 0 Å². The number of benzene rings is 1. The quantitative estimate of drug-likeness (QED) is 0.838. The zero-order chi connectivity index (χ0) is 13.2. The normalized spacial score (nSPS) is 11.4. The van der Waals surface area contributed by atoms with Crippen molar-refractivity contribution in [1.82, 2.24) is 4.90 Å². The first-order valence-electron chi connectivity index (χ1n) is 5.23. The molecule has 0 unspecified atom stereocenters. The van der Waals surface area contributed by atoms with Gasteiger partial charge in [-0.1, -0.05) is 15.9 Å². The molecule has 0 aliphatic heterocycles. The van der Waals surface area contributed by atoms with E-state index >= 15 is 0 Å². The lowest BCUT2D eigenvalue weighted by Gasteiger charge is -2.26. The number of nitrogen functional groups attached to an aromatic ring is 1. The Morgan fingerprint density at radius 1 is 1.53 bits per heavy atom. The first kappa shape index (κ1) is 14.0. The van der Waals surface area contributed by atoms with Crippen LogP contribution in [0.2, 0.25) is 0 Å². The summed E-state index contributed by atoms with van der Waals surface area (Å²) in [7, 11) is 1.64. The molecule has 4 nitrogen and oxygen atoms in total. The molecule has 5 heteroatoms. The molecule has 17 heavy (non-hydrogen) atoms. The Morgan fingerprint density at radius 3 is 2.59 bits per heavy atom. The van der Waals surface area contributed by atoms with E-state index in [-0.39, 0.29) is 12.5 Å². The van der Waals surface area contributed by atoms with Crippen LogP contribution in [-0.4, -0.2) is 35.1 Å². The second-order valence-corrected chi connectivity index (χ2v) is 5.62. The van der Waals surface area contributed by atoms with Gasteiger partial charge in [-0.3, -0.25) is 4.79 Å². The monoisotopic (exact) mass is 300 g/mol. The fourth-order valence-corrected chi connectivity index (χ4v) is 1.96. The van der Waals surface area contributed by atoms with Crippen molar-refractivity contribution >= 4 is 27.5 Å². The molecule has 0 saturated carbocycles. The maximum atomic E-state index is 12.1. The largest absolute Gasteiger partial charge is 0.398 e. The maximum Gasteiger partial charge on any atom is 0.255 e. The predicted octanol–water partition coefficient (Wildman–Crippen LogP) is 1.87. The standard InChI is InChI=1S/C12H17BrN2O2/c1-12(2,17)7-15(3)11(16)9-5-4-8(13)6-10(9)14/h4-6,17H,7,14H2,1-3H3. The minimum atomic E-state index is -0.922. The van der Waals surface area contributed by atoms with Crippen LogP contribution in [0.1, 0.15) is 24.2 Å². The zero-order valence-electron chi connectivity index (χ0n) is 10.2. The summed E-state index contributed by atoms with van der Waals surface area (Å²) in [6.45, 7) is 3.56. The number of aliphatic hydroxyl groups is 1. The molecular weight excluding hydrogens is 284 g/mol. The lowest BCUT2D eigenvalue weighted by atomic mass is 10.1. The number of nitrogens with two attached hydrogens (primary N) is 1. The van der Waals surface area contributed by atoms with E-state index in [1.54, 1.807) is 39.1 Å². The van der Waals surface area contributed by atoms with Crippen LogP contribution in [0.3, 0.4) is 0 Å². The summed E-state index contributed by atoms with van der Waals surface area (Å²) in [5.74, 6) is -0.197. The fraction of sp³-hybridized carbons (Fsp3) is 0.417. The summed E-state index contributed by atoms with van der Waals surface area (Å²) >= 11 is 3.29. The van der Waals surface area contributed by atoms with Gasteiger partial charge in [0.25, 0.3) is 5.91 Å². The van der Waals surface area contributed by atoms with Gasteiger partial charge in [0.1, 0.15) is 0 Å². The van der Waals surface area contributed by atoms with Crippen LogP contribution in [-0.2, 0) is 0 Å². The molecule has 0 aromatic heterocycles. The molecule has 0 radical (unpaired) electrons. The number of anilines is 1. The zero-order valence-corrected chi connectivity index (χ0v) is 11.8. The number of amides is 1. The van der Waals surface area contributed by atoms with Gasteiger partial charge in [0.05, 0.1) is 11.2 Å². The molecule has 0 heterocycles. The predicted molar refractivity (Wildman–Crippen MR) is 71.8 cm³/mol. The second-order valence-electron chi connectivity index (χ2n) is 4.71. The van der Waals surface area contributed by atoms with Crippen LogP contribution in [0, 0.1) is 0 Å². The van der Waals surface area contributed by atoms with Crippen molar-refractivity contribution < 1.29 is 9.90 Å². The molecular formula is C12H17BrN2O2. The number of carbonyl (C=O) groups is 1. The summed E-state index contributed by atoms with van der Waals surface area (Å²) in [6.07, 6.45) is 0. The van der Waals surface area contributed by atoms with Crippen LogP contribution in [0.5, 0.6) is 0 Å². The molecule has 1 rings (SSSR count). The first-order valence-corrected chi connectivity index (χ1v) is 6.03. The SMILES string of the molecule is CN(CC(C)(C)O)C(=O)c1ccc(Br)cc1N. The maximum absolute atomic E-state index is 12.1. The van der Waals surface area contributed by atoms with Gasteiger partial charge >= 0.3 is 0 Å². The fourth-order valence-electron chi connectivity index (χ4n) is 1.59. The Labute approximate surface area is 110 Å². The molecule has 1 aromatic rings. The van der Waals surface area contributed by atoms with Crippen molar-refractivity contribution in [2.45, 2.75) is 19.4 Å². The minimum absolute atomic E-state index is 0.197. The van der Waals surface area contributed by atoms with Gasteiger partial charge < -0.3 is 15.7 Å². The molecule has 0 spiro atoms. The lowest BCUT2D eigenvalue weighted by Crippen LogP contribution is -2.39. The van der Waals surface area contributed by atoms with E-state index in [4.69, 9.17) is 5.73 Å². The van der Waals surface area contributed by atoms with Crippen LogP contribution < -0.4 is 5.73 Å². The van der Waals surface area contributed by atoms with E-state index in [9.17, 15) is 9.90 Å². The highest BCUT2D eigenvalue weighted by atomic mass is 79.9. The highest BCUT2D eigenvalue weighted by Gasteiger charge is 2.21. The van der Waals surface area contributed by atoms with Gasteiger partial charge in [-0.05, 0) is 32.0 Å². The van der Waals surface area contributed by atoms with Gasteiger partial charge in [-0.25, -0.2) is 0 Å². The first-order chi connectivity index (χ1) is 7.70. The van der Waals surface area contributed by atoms with E-state index in [0.717, 1.165) is 4.47 Å². The number of hydrogen-bond donors (Lipinski definition) is 2. The molecule has 1 amide bonds. The number of hydrogen-bond acceptors (Lipinski definition) is 3. The summed E-state index contributed by atoms with van der Waals surface area (Å²) < 4.78 is 0.830. The van der Waals surface area contributed by atoms with Crippen LogP contribution in [0.15, 0.2) is 22.7 Å². The van der Waals surface area contributed by atoms with E-state index < -0.39 is 5.60 Å². The smallest absolute Gasteiger partial charge is 0.255 e. The third-order valence-electron chi connectivity index (χ3n) is 2.21. The van der Waals surface area contributed by atoms with E-state index in [1.165, 1.54) is 4.90 Å². The number of likely N-dealkylation sites (N-methyl/N-ethyl adjacent to an activating group) is 1. The van der Waals surface area contributed by atoms with Gasteiger partial charge in [-0.2, -0.15) is 0 Å². The van der Waals surface area contributed by atoms with Crippen LogP contribution in [0.4, 0.5) is 5.69 Å². The van der Waals surface area contributed by atoms with Crippen LogP contribution in [0.25, 0.3) is 0 Å². The highest BCUT2D eigenvalue weighted by Crippen LogP contribution is 2.20. The molecule has 0 aliphatic carbocycles. The highest BCUT2D eigenvalue weighted by molar-refractivity contribution is 9.10. The van der Waals surface area contributed by atoms with Gasteiger partial charge in [0.15, 0.2) is 0 Å². The molecule has 0 aliphatic rings. The topological polar surface area (TPSA) is 66.6 Å². The third-order valence-corrected chi connectivity index (χ3v) is 2.71. The van der Waals surface area contributed by atoms with Crippen molar-refractivity contribution in [3.05, 3.63) is 28.2 Å². The molecule has 94 valence electrons. The van der Waals surface area contributed by atoms with Crippen molar-refractivity contribution in [3.8, 4) is 0 Å². The Bertz CT molecular complexity index is 427. The number of halogens is 1. The summed E-state index contributed by atoms with van der Waals surface area (Å²) in [5, 5.41) is 9.66.